The standard InChI is InChI=1S/C10H14N6O2/c1-15-5-8(4-13-15)2-3-18-9(17)6-16-7-12-10(11)14-16/h4-5,7H,2-3,6H2,1H3,(H2,11,14). The fourth-order valence-electron chi connectivity index (χ4n) is 1.45. The van der Waals surface area contributed by atoms with Gasteiger partial charge in [-0.2, -0.15) is 5.10 Å². The SMILES string of the molecule is Cn1cc(CCOC(=O)Cn2cnc(N)n2)cn1. The number of esters is 1. The average molecular weight is 250 g/mol. The van der Waals surface area contributed by atoms with Crippen LogP contribution in [0.2, 0.25) is 0 Å². The zero-order chi connectivity index (χ0) is 13.0. The van der Waals surface area contributed by atoms with E-state index in [0.29, 0.717) is 13.0 Å². The number of rotatable bonds is 5. The van der Waals surface area contributed by atoms with Crippen molar-refractivity contribution in [3.8, 4) is 0 Å². The van der Waals surface area contributed by atoms with E-state index in [4.69, 9.17) is 10.5 Å². The van der Waals surface area contributed by atoms with E-state index in [9.17, 15) is 4.79 Å². The first kappa shape index (κ1) is 12.1. The first-order valence-corrected chi connectivity index (χ1v) is 5.41. The summed E-state index contributed by atoms with van der Waals surface area (Å²) in [4.78, 5) is 15.2. The summed E-state index contributed by atoms with van der Waals surface area (Å²) in [5.74, 6) is -0.234. The van der Waals surface area contributed by atoms with Crippen LogP contribution in [0.4, 0.5) is 5.95 Å². The molecule has 0 bridgehead atoms. The molecule has 0 amide bonds. The molecular formula is C10H14N6O2. The van der Waals surface area contributed by atoms with Gasteiger partial charge in [0.25, 0.3) is 0 Å². The Balaban J connectivity index is 1.72. The maximum Gasteiger partial charge on any atom is 0.327 e. The Hall–Kier alpha value is -2.38. The monoisotopic (exact) mass is 250 g/mol. The highest BCUT2D eigenvalue weighted by Crippen LogP contribution is 1.98. The Morgan fingerprint density at radius 3 is 3.00 bits per heavy atom. The van der Waals surface area contributed by atoms with Gasteiger partial charge in [0, 0.05) is 19.7 Å². The lowest BCUT2D eigenvalue weighted by Gasteiger charge is -2.03. The predicted molar refractivity (Wildman–Crippen MR) is 62.3 cm³/mol. The highest BCUT2D eigenvalue weighted by molar-refractivity contribution is 5.69. The van der Waals surface area contributed by atoms with Crippen molar-refractivity contribution in [3.05, 3.63) is 24.3 Å². The van der Waals surface area contributed by atoms with Crippen LogP contribution in [0.1, 0.15) is 5.56 Å². The maximum atomic E-state index is 11.4. The van der Waals surface area contributed by atoms with Gasteiger partial charge in [0.2, 0.25) is 5.95 Å². The Bertz CT molecular complexity index is 532. The fraction of sp³-hybridized carbons (Fsp3) is 0.400. The Kier molecular flexibility index (Phi) is 3.56. The van der Waals surface area contributed by atoms with Gasteiger partial charge < -0.3 is 10.5 Å². The number of hydrogen-bond acceptors (Lipinski definition) is 6. The number of anilines is 1. The summed E-state index contributed by atoms with van der Waals surface area (Å²) in [5, 5.41) is 7.81. The minimum absolute atomic E-state index is 0.0112. The number of carbonyl (C=O) groups is 1. The highest BCUT2D eigenvalue weighted by Gasteiger charge is 2.06. The van der Waals surface area contributed by atoms with E-state index in [-0.39, 0.29) is 18.5 Å². The Morgan fingerprint density at radius 2 is 2.39 bits per heavy atom. The number of ether oxygens (including phenoxy) is 1. The summed E-state index contributed by atoms with van der Waals surface area (Å²) in [6.07, 6.45) is 5.65. The fourth-order valence-corrected chi connectivity index (χ4v) is 1.45. The molecule has 0 saturated carbocycles. The van der Waals surface area contributed by atoms with Crippen molar-refractivity contribution in [1.29, 1.82) is 0 Å². The third-order valence-corrected chi connectivity index (χ3v) is 2.26. The quantitative estimate of drug-likeness (QED) is 0.710. The first-order valence-electron chi connectivity index (χ1n) is 5.41. The van der Waals surface area contributed by atoms with Crippen LogP contribution in [0.25, 0.3) is 0 Å². The zero-order valence-electron chi connectivity index (χ0n) is 9.98. The van der Waals surface area contributed by atoms with Crippen molar-refractivity contribution in [2.24, 2.45) is 7.05 Å². The maximum absolute atomic E-state index is 11.4. The van der Waals surface area contributed by atoms with E-state index in [1.165, 1.54) is 11.0 Å². The van der Waals surface area contributed by atoms with E-state index in [1.807, 2.05) is 13.2 Å². The molecule has 0 radical (unpaired) electrons. The normalized spacial score (nSPS) is 10.5. The molecule has 96 valence electrons. The van der Waals surface area contributed by atoms with Crippen LogP contribution in [0.3, 0.4) is 0 Å². The summed E-state index contributed by atoms with van der Waals surface area (Å²) in [6, 6.07) is 0. The van der Waals surface area contributed by atoms with Gasteiger partial charge >= 0.3 is 5.97 Å². The molecule has 0 aliphatic carbocycles. The lowest BCUT2D eigenvalue weighted by molar-refractivity contribution is -0.144. The minimum Gasteiger partial charge on any atom is -0.464 e. The third kappa shape index (κ3) is 3.30. The van der Waals surface area contributed by atoms with Crippen LogP contribution >= 0.6 is 0 Å². The summed E-state index contributed by atoms with van der Waals surface area (Å²) in [5.41, 5.74) is 6.35. The van der Waals surface area contributed by atoms with Crippen LogP contribution in [0.15, 0.2) is 18.7 Å². The number of hydrogen-bond donors (Lipinski definition) is 1. The van der Waals surface area contributed by atoms with Gasteiger partial charge in [0.05, 0.1) is 12.8 Å². The second-order valence-electron chi connectivity index (χ2n) is 3.79. The first-order chi connectivity index (χ1) is 8.63. The van der Waals surface area contributed by atoms with Gasteiger partial charge in [0.1, 0.15) is 12.9 Å². The number of nitrogen functional groups attached to an aromatic ring is 1. The molecule has 0 atom stereocenters. The average Bonchev–Trinajstić information content (AvgIpc) is 2.88. The molecule has 0 spiro atoms. The summed E-state index contributed by atoms with van der Waals surface area (Å²) >= 11 is 0. The van der Waals surface area contributed by atoms with Crippen molar-refractivity contribution in [3.63, 3.8) is 0 Å². The molecule has 0 aliphatic heterocycles. The molecular weight excluding hydrogens is 236 g/mol. The molecule has 0 aliphatic rings. The van der Waals surface area contributed by atoms with Crippen molar-refractivity contribution >= 4 is 11.9 Å². The second kappa shape index (κ2) is 5.30. The van der Waals surface area contributed by atoms with Crippen LogP contribution in [-0.2, 0) is 29.5 Å². The van der Waals surface area contributed by atoms with Gasteiger partial charge in [-0.1, -0.05) is 0 Å². The highest BCUT2D eigenvalue weighted by atomic mass is 16.5. The molecule has 0 saturated heterocycles. The largest absolute Gasteiger partial charge is 0.464 e. The summed E-state index contributed by atoms with van der Waals surface area (Å²) in [6.45, 7) is 0.325. The third-order valence-electron chi connectivity index (χ3n) is 2.26. The molecule has 8 heteroatoms. The number of aryl methyl sites for hydroxylation is 1. The van der Waals surface area contributed by atoms with E-state index < -0.39 is 0 Å². The van der Waals surface area contributed by atoms with Crippen LogP contribution < -0.4 is 5.73 Å². The number of aromatic nitrogens is 5. The molecule has 8 nitrogen and oxygen atoms in total. The molecule has 2 heterocycles. The Morgan fingerprint density at radius 1 is 1.56 bits per heavy atom. The van der Waals surface area contributed by atoms with E-state index in [1.54, 1.807) is 10.9 Å². The summed E-state index contributed by atoms with van der Waals surface area (Å²) in [7, 11) is 1.84. The predicted octanol–water partition coefficient (Wildman–Crippen LogP) is -0.620. The summed E-state index contributed by atoms with van der Waals surface area (Å²) < 4.78 is 8.10. The van der Waals surface area contributed by atoms with E-state index in [2.05, 4.69) is 15.2 Å². The second-order valence-corrected chi connectivity index (χ2v) is 3.79. The lowest BCUT2D eigenvalue weighted by atomic mass is 10.3. The number of nitrogens with two attached hydrogens (primary N) is 1. The number of nitrogens with zero attached hydrogens (tertiary/aromatic N) is 5. The molecule has 0 unspecified atom stereocenters. The van der Waals surface area contributed by atoms with Gasteiger partial charge in [0.15, 0.2) is 0 Å². The lowest BCUT2D eigenvalue weighted by Crippen LogP contribution is -2.15. The minimum atomic E-state index is -0.371. The van der Waals surface area contributed by atoms with E-state index in [0.717, 1.165) is 5.56 Å². The van der Waals surface area contributed by atoms with Crippen molar-refractivity contribution in [2.75, 3.05) is 12.3 Å². The smallest absolute Gasteiger partial charge is 0.327 e. The molecule has 2 aromatic rings. The molecule has 18 heavy (non-hydrogen) atoms. The molecule has 2 N–H and O–H groups in total. The zero-order valence-corrected chi connectivity index (χ0v) is 9.98. The van der Waals surface area contributed by atoms with Crippen molar-refractivity contribution in [1.82, 2.24) is 24.5 Å². The number of carbonyl (C=O) groups excluding carboxylic acids is 1. The molecule has 2 aromatic heterocycles. The van der Waals surface area contributed by atoms with Crippen LogP contribution in [-0.4, -0.2) is 37.1 Å². The van der Waals surface area contributed by atoms with Crippen molar-refractivity contribution in [2.45, 2.75) is 13.0 Å². The molecule has 0 fully saturated rings. The Labute approximate surface area is 103 Å². The van der Waals surface area contributed by atoms with E-state index >= 15 is 0 Å². The molecule has 2 rings (SSSR count). The van der Waals surface area contributed by atoms with Crippen molar-refractivity contribution < 1.29 is 9.53 Å². The molecule has 0 aromatic carbocycles. The topological polar surface area (TPSA) is 101 Å². The van der Waals surface area contributed by atoms with Gasteiger partial charge in [-0.05, 0) is 5.56 Å². The van der Waals surface area contributed by atoms with Crippen LogP contribution in [0, 0.1) is 0 Å². The van der Waals surface area contributed by atoms with Gasteiger partial charge in [-0.25, -0.2) is 9.67 Å². The van der Waals surface area contributed by atoms with Gasteiger partial charge in [-0.3, -0.25) is 9.48 Å². The van der Waals surface area contributed by atoms with Crippen LogP contribution in [0.5, 0.6) is 0 Å². The van der Waals surface area contributed by atoms with Gasteiger partial charge in [-0.15, -0.1) is 5.10 Å².